The summed E-state index contributed by atoms with van der Waals surface area (Å²) in [6.45, 7) is 7.46. The predicted molar refractivity (Wildman–Crippen MR) is 70.9 cm³/mol. The van der Waals surface area contributed by atoms with Crippen LogP contribution in [0.5, 0.6) is 0 Å². The lowest BCUT2D eigenvalue weighted by Crippen LogP contribution is -2.34. The minimum Gasteiger partial charge on any atom is -0.310 e. The van der Waals surface area contributed by atoms with Crippen molar-refractivity contribution >= 4 is 0 Å². The van der Waals surface area contributed by atoms with Gasteiger partial charge in [0.2, 0.25) is 0 Å². The van der Waals surface area contributed by atoms with E-state index in [-0.39, 0.29) is 0 Å². The zero-order chi connectivity index (χ0) is 12.3. The normalized spacial score (nSPS) is 19.5. The summed E-state index contributed by atoms with van der Waals surface area (Å²) in [6.07, 6.45) is 7.07. The van der Waals surface area contributed by atoms with E-state index in [1.54, 1.807) is 0 Å². The fraction of sp³-hybridized carbons (Fsp3) is 0.786. The predicted octanol–water partition coefficient (Wildman–Crippen LogP) is 3.08. The first-order chi connectivity index (χ1) is 8.18. The monoisotopic (exact) mass is 235 g/mol. The number of aryl methyl sites for hydroxylation is 2. The Hall–Kier alpha value is -0.830. The summed E-state index contributed by atoms with van der Waals surface area (Å²) in [5.41, 5.74) is 3.67. The van der Waals surface area contributed by atoms with Crippen molar-refractivity contribution in [2.75, 3.05) is 0 Å². The highest BCUT2D eigenvalue weighted by Gasteiger charge is 2.20. The van der Waals surface area contributed by atoms with Gasteiger partial charge in [0.1, 0.15) is 0 Å². The van der Waals surface area contributed by atoms with E-state index in [9.17, 15) is 0 Å². The third-order valence-corrected chi connectivity index (χ3v) is 4.24. The molecule has 0 aromatic carbocycles. The first-order valence-corrected chi connectivity index (χ1v) is 6.92. The van der Waals surface area contributed by atoms with Crippen LogP contribution >= 0.6 is 0 Å². The Labute approximate surface area is 104 Å². The molecular weight excluding hydrogens is 210 g/mol. The van der Waals surface area contributed by atoms with Crippen LogP contribution in [0.25, 0.3) is 0 Å². The van der Waals surface area contributed by atoms with Gasteiger partial charge >= 0.3 is 0 Å². The summed E-state index contributed by atoms with van der Waals surface area (Å²) < 4.78 is 0. The second-order valence-electron chi connectivity index (χ2n) is 5.48. The molecule has 0 aliphatic heterocycles. The maximum absolute atomic E-state index is 4.24. The standard InChI is InChI=1S/C14H25N3/c1-10(13-7-5-4-6-8-13)15-9-14-11(2)16-17-12(14)3/h10,13,15H,4-9H2,1-3H3,(H,16,17)/t10-/m1/s1. The SMILES string of the molecule is Cc1n[nH]c(C)c1CN[C@H](C)C1CCCCC1. The second-order valence-corrected chi connectivity index (χ2v) is 5.48. The number of hydrogen-bond acceptors (Lipinski definition) is 2. The summed E-state index contributed by atoms with van der Waals surface area (Å²) >= 11 is 0. The van der Waals surface area contributed by atoms with Gasteiger partial charge in [0.25, 0.3) is 0 Å². The zero-order valence-corrected chi connectivity index (χ0v) is 11.3. The quantitative estimate of drug-likeness (QED) is 0.842. The number of aromatic amines is 1. The van der Waals surface area contributed by atoms with E-state index in [1.807, 2.05) is 0 Å². The van der Waals surface area contributed by atoms with Gasteiger partial charge in [-0.2, -0.15) is 5.10 Å². The van der Waals surface area contributed by atoms with E-state index >= 15 is 0 Å². The molecule has 0 saturated heterocycles. The van der Waals surface area contributed by atoms with E-state index in [4.69, 9.17) is 0 Å². The lowest BCUT2D eigenvalue weighted by Gasteiger charge is -2.28. The molecule has 2 rings (SSSR count). The fourth-order valence-electron chi connectivity index (χ4n) is 2.90. The molecule has 1 aliphatic rings. The van der Waals surface area contributed by atoms with Crippen molar-refractivity contribution in [3.05, 3.63) is 17.0 Å². The molecule has 3 heteroatoms. The van der Waals surface area contributed by atoms with Gasteiger partial charge in [0.05, 0.1) is 5.69 Å². The van der Waals surface area contributed by atoms with Crippen LogP contribution in [0.15, 0.2) is 0 Å². The van der Waals surface area contributed by atoms with E-state index in [1.165, 1.54) is 43.4 Å². The Morgan fingerprint density at radius 3 is 2.59 bits per heavy atom. The van der Waals surface area contributed by atoms with Gasteiger partial charge in [-0.15, -0.1) is 0 Å². The molecule has 1 aromatic rings. The van der Waals surface area contributed by atoms with Gasteiger partial charge in [-0.3, -0.25) is 5.10 Å². The summed E-state index contributed by atoms with van der Waals surface area (Å²) in [6, 6.07) is 0.629. The Morgan fingerprint density at radius 1 is 1.29 bits per heavy atom. The molecule has 1 aromatic heterocycles. The van der Waals surface area contributed by atoms with Crippen molar-refractivity contribution in [1.82, 2.24) is 15.5 Å². The van der Waals surface area contributed by atoms with Crippen LogP contribution in [0, 0.1) is 19.8 Å². The summed E-state index contributed by atoms with van der Waals surface area (Å²) in [4.78, 5) is 0. The molecular formula is C14H25N3. The Bertz CT molecular complexity index is 331. The maximum atomic E-state index is 4.24. The molecule has 1 atom stereocenters. The topological polar surface area (TPSA) is 40.7 Å². The number of nitrogens with one attached hydrogen (secondary N) is 2. The molecule has 0 spiro atoms. The Kier molecular flexibility index (Phi) is 4.21. The van der Waals surface area contributed by atoms with Crippen LogP contribution < -0.4 is 5.32 Å². The second kappa shape index (κ2) is 5.67. The van der Waals surface area contributed by atoms with E-state index < -0.39 is 0 Å². The van der Waals surface area contributed by atoms with E-state index in [0.717, 1.165) is 18.2 Å². The smallest absolute Gasteiger partial charge is 0.0638 e. The van der Waals surface area contributed by atoms with Crippen molar-refractivity contribution in [3.8, 4) is 0 Å². The van der Waals surface area contributed by atoms with Crippen molar-refractivity contribution in [1.29, 1.82) is 0 Å². The largest absolute Gasteiger partial charge is 0.310 e. The number of aromatic nitrogens is 2. The molecule has 2 N–H and O–H groups in total. The molecule has 1 heterocycles. The minimum absolute atomic E-state index is 0.629. The minimum atomic E-state index is 0.629. The molecule has 0 radical (unpaired) electrons. The molecule has 3 nitrogen and oxygen atoms in total. The van der Waals surface area contributed by atoms with E-state index in [0.29, 0.717) is 6.04 Å². The molecule has 96 valence electrons. The van der Waals surface area contributed by atoms with Crippen LogP contribution in [0.4, 0.5) is 0 Å². The van der Waals surface area contributed by atoms with Crippen LogP contribution in [0.2, 0.25) is 0 Å². The molecule has 0 amide bonds. The number of rotatable bonds is 4. The van der Waals surface area contributed by atoms with Crippen LogP contribution in [0.3, 0.4) is 0 Å². The molecule has 1 saturated carbocycles. The highest BCUT2D eigenvalue weighted by Crippen LogP contribution is 2.26. The third kappa shape index (κ3) is 3.09. The number of hydrogen-bond donors (Lipinski definition) is 2. The van der Waals surface area contributed by atoms with Gasteiger partial charge < -0.3 is 5.32 Å². The highest BCUT2D eigenvalue weighted by atomic mass is 15.1. The van der Waals surface area contributed by atoms with Gasteiger partial charge in [-0.1, -0.05) is 19.3 Å². The van der Waals surface area contributed by atoms with Crippen molar-refractivity contribution < 1.29 is 0 Å². The van der Waals surface area contributed by atoms with Crippen molar-refractivity contribution in [2.45, 2.75) is 65.5 Å². The van der Waals surface area contributed by atoms with E-state index in [2.05, 4.69) is 36.3 Å². The molecule has 1 aliphatic carbocycles. The summed E-state index contributed by atoms with van der Waals surface area (Å²) in [5.74, 6) is 0.872. The lowest BCUT2D eigenvalue weighted by molar-refractivity contribution is 0.280. The molecule has 1 fully saturated rings. The Balaban J connectivity index is 1.85. The molecule has 0 bridgehead atoms. The highest BCUT2D eigenvalue weighted by molar-refractivity contribution is 5.22. The fourth-order valence-corrected chi connectivity index (χ4v) is 2.90. The van der Waals surface area contributed by atoms with Gasteiger partial charge in [0, 0.05) is 23.8 Å². The maximum Gasteiger partial charge on any atom is 0.0638 e. The zero-order valence-electron chi connectivity index (χ0n) is 11.3. The molecule has 0 unspecified atom stereocenters. The Morgan fingerprint density at radius 2 is 2.00 bits per heavy atom. The summed E-state index contributed by atoms with van der Waals surface area (Å²) in [7, 11) is 0. The summed E-state index contributed by atoms with van der Waals surface area (Å²) in [5, 5.41) is 11.0. The van der Waals surface area contributed by atoms with Gasteiger partial charge in [0.15, 0.2) is 0 Å². The number of H-pyrrole nitrogens is 1. The lowest BCUT2D eigenvalue weighted by atomic mass is 9.84. The average molecular weight is 235 g/mol. The molecule has 17 heavy (non-hydrogen) atoms. The first kappa shape index (κ1) is 12.6. The first-order valence-electron chi connectivity index (χ1n) is 6.92. The van der Waals surface area contributed by atoms with Gasteiger partial charge in [-0.25, -0.2) is 0 Å². The van der Waals surface area contributed by atoms with Gasteiger partial charge in [-0.05, 0) is 39.5 Å². The number of nitrogens with zero attached hydrogens (tertiary/aromatic N) is 1. The van der Waals surface area contributed by atoms with Crippen molar-refractivity contribution in [2.24, 2.45) is 5.92 Å². The van der Waals surface area contributed by atoms with Crippen LogP contribution in [-0.2, 0) is 6.54 Å². The third-order valence-electron chi connectivity index (χ3n) is 4.24. The van der Waals surface area contributed by atoms with Crippen molar-refractivity contribution in [3.63, 3.8) is 0 Å². The van der Waals surface area contributed by atoms with Crippen LogP contribution in [0.1, 0.15) is 56.0 Å². The van der Waals surface area contributed by atoms with Crippen LogP contribution in [-0.4, -0.2) is 16.2 Å². The average Bonchev–Trinajstić information content (AvgIpc) is 2.67.